The second-order valence-electron chi connectivity index (χ2n) is 7.41. The zero-order valence-electron chi connectivity index (χ0n) is 17.3. The van der Waals surface area contributed by atoms with Crippen LogP contribution in [-0.2, 0) is 11.2 Å². The molecule has 1 saturated heterocycles. The van der Waals surface area contributed by atoms with Gasteiger partial charge in [0.1, 0.15) is 0 Å². The van der Waals surface area contributed by atoms with E-state index >= 15 is 0 Å². The van der Waals surface area contributed by atoms with Crippen molar-refractivity contribution in [2.75, 3.05) is 33.9 Å². The lowest BCUT2D eigenvalue weighted by molar-refractivity contribution is -0.131. The molecule has 2 aromatic rings. The van der Waals surface area contributed by atoms with Gasteiger partial charge in [-0.05, 0) is 54.7 Å². The molecule has 0 aromatic heterocycles. The van der Waals surface area contributed by atoms with Crippen molar-refractivity contribution in [1.29, 1.82) is 0 Å². The molecule has 0 bridgehead atoms. The highest BCUT2D eigenvalue weighted by molar-refractivity contribution is 6.30. The van der Waals surface area contributed by atoms with Crippen LogP contribution in [-0.4, -0.2) is 50.6 Å². The summed E-state index contributed by atoms with van der Waals surface area (Å²) >= 11 is 6.00. The van der Waals surface area contributed by atoms with Crippen LogP contribution >= 0.6 is 11.6 Å². The number of nitrogens with one attached hydrogen (secondary N) is 1. The highest BCUT2D eigenvalue weighted by atomic mass is 35.5. The van der Waals surface area contributed by atoms with E-state index in [0.717, 1.165) is 18.4 Å². The smallest absolute Gasteiger partial charge is 0.251 e. The maximum atomic E-state index is 12.5. The van der Waals surface area contributed by atoms with E-state index in [0.29, 0.717) is 54.1 Å². The molecule has 3 rings (SSSR count). The van der Waals surface area contributed by atoms with Gasteiger partial charge in [0.15, 0.2) is 11.5 Å². The first-order valence-corrected chi connectivity index (χ1v) is 10.4. The fourth-order valence-corrected chi connectivity index (χ4v) is 3.85. The summed E-state index contributed by atoms with van der Waals surface area (Å²) in [5.41, 5.74) is 1.46. The topological polar surface area (TPSA) is 67.9 Å². The quantitative estimate of drug-likeness (QED) is 0.729. The van der Waals surface area contributed by atoms with E-state index in [1.807, 2.05) is 23.1 Å². The van der Waals surface area contributed by atoms with Crippen molar-refractivity contribution in [1.82, 2.24) is 10.2 Å². The van der Waals surface area contributed by atoms with Crippen LogP contribution in [0.15, 0.2) is 42.5 Å². The Morgan fingerprint density at radius 1 is 1.07 bits per heavy atom. The summed E-state index contributed by atoms with van der Waals surface area (Å²) < 4.78 is 10.5. The van der Waals surface area contributed by atoms with Crippen molar-refractivity contribution >= 4 is 23.4 Å². The first kappa shape index (κ1) is 22.0. The zero-order chi connectivity index (χ0) is 21.5. The summed E-state index contributed by atoms with van der Waals surface area (Å²) in [6, 6.07) is 12.5. The van der Waals surface area contributed by atoms with Crippen molar-refractivity contribution < 1.29 is 19.1 Å². The molecule has 160 valence electrons. The van der Waals surface area contributed by atoms with Gasteiger partial charge in [0, 0.05) is 30.2 Å². The maximum Gasteiger partial charge on any atom is 0.251 e. The van der Waals surface area contributed by atoms with Gasteiger partial charge in [-0.1, -0.05) is 23.7 Å². The average Bonchev–Trinajstić information content (AvgIpc) is 2.77. The molecule has 0 unspecified atom stereocenters. The van der Waals surface area contributed by atoms with Gasteiger partial charge in [-0.3, -0.25) is 9.59 Å². The van der Waals surface area contributed by atoms with Gasteiger partial charge in [-0.15, -0.1) is 0 Å². The second-order valence-corrected chi connectivity index (χ2v) is 7.85. The molecule has 0 aliphatic carbocycles. The number of rotatable bonds is 7. The standard InChI is InChI=1S/C23H27ClN2O4/c1-29-20-7-6-18(14-21(20)30-2)23(28)25-15-16-8-10-26(11-9-16)22(27)13-17-4-3-5-19(24)12-17/h3-7,12,14,16H,8-11,13,15H2,1-2H3,(H,25,28). The van der Waals surface area contributed by atoms with Gasteiger partial charge in [0.2, 0.25) is 5.91 Å². The van der Waals surface area contributed by atoms with Crippen LogP contribution in [0, 0.1) is 5.92 Å². The van der Waals surface area contributed by atoms with Crippen molar-refractivity contribution in [3.05, 3.63) is 58.6 Å². The second kappa shape index (κ2) is 10.3. The molecule has 7 heteroatoms. The van der Waals surface area contributed by atoms with E-state index in [1.165, 1.54) is 0 Å². The summed E-state index contributed by atoms with van der Waals surface area (Å²) in [4.78, 5) is 26.9. The summed E-state index contributed by atoms with van der Waals surface area (Å²) in [6.45, 7) is 2.00. The molecule has 1 fully saturated rings. The van der Waals surface area contributed by atoms with Crippen LogP contribution in [0.1, 0.15) is 28.8 Å². The summed E-state index contributed by atoms with van der Waals surface area (Å²) in [6.07, 6.45) is 2.10. The SMILES string of the molecule is COc1ccc(C(=O)NCC2CCN(C(=O)Cc3cccc(Cl)c3)CC2)cc1OC. The monoisotopic (exact) mass is 430 g/mol. The van der Waals surface area contributed by atoms with Gasteiger partial charge in [-0.25, -0.2) is 0 Å². The lowest BCUT2D eigenvalue weighted by Gasteiger charge is -2.32. The van der Waals surface area contributed by atoms with Crippen molar-refractivity contribution in [2.24, 2.45) is 5.92 Å². The lowest BCUT2D eigenvalue weighted by atomic mass is 9.96. The molecule has 2 amide bonds. The van der Waals surface area contributed by atoms with Crippen LogP contribution in [0.2, 0.25) is 5.02 Å². The number of amides is 2. The van der Waals surface area contributed by atoms with Crippen molar-refractivity contribution in [3.63, 3.8) is 0 Å². The summed E-state index contributed by atoms with van der Waals surface area (Å²) in [7, 11) is 3.10. The largest absolute Gasteiger partial charge is 0.493 e. The Labute approximate surface area is 182 Å². The minimum absolute atomic E-state index is 0.116. The molecule has 1 aliphatic heterocycles. The number of benzene rings is 2. The van der Waals surface area contributed by atoms with Gasteiger partial charge in [0.25, 0.3) is 5.91 Å². The molecule has 6 nitrogen and oxygen atoms in total. The van der Waals surface area contributed by atoms with Crippen LogP contribution in [0.3, 0.4) is 0 Å². The number of methoxy groups -OCH3 is 2. The van der Waals surface area contributed by atoms with Crippen LogP contribution in [0.25, 0.3) is 0 Å². The highest BCUT2D eigenvalue weighted by Gasteiger charge is 2.23. The molecule has 0 radical (unpaired) electrons. The number of carbonyl (C=O) groups is 2. The Hall–Kier alpha value is -2.73. The van der Waals surface area contributed by atoms with Crippen LogP contribution in [0.4, 0.5) is 0 Å². The van der Waals surface area contributed by atoms with Crippen molar-refractivity contribution in [2.45, 2.75) is 19.3 Å². The van der Waals surface area contributed by atoms with E-state index in [-0.39, 0.29) is 11.8 Å². The molecule has 0 atom stereocenters. The Morgan fingerprint density at radius 3 is 2.47 bits per heavy atom. The predicted molar refractivity (Wildman–Crippen MR) is 116 cm³/mol. The number of nitrogens with zero attached hydrogens (tertiary/aromatic N) is 1. The Bertz CT molecular complexity index is 895. The normalized spacial score (nSPS) is 14.3. The third-order valence-corrected chi connectivity index (χ3v) is 5.64. The van der Waals surface area contributed by atoms with Gasteiger partial charge in [-0.2, -0.15) is 0 Å². The number of hydrogen-bond acceptors (Lipinski definition) is 4. The van der Waals surface area contributed by atoms with Crippen molar-refractivity contribution in [3.8, 4) is 11.5 Å². The minimum atomic E-state index is -0.143. The molecule has 2 aromatic carbocycles. The summed E-state index contributed by atoms with van der Waals surface area (Å²) in [5.74, 6) is 1.44. The maximum absolute atomic E-state index is 12.5. The number of likely N-dealkylation sites (tertiary alicyclic amines) is 1. The number of hydrogen-bond donors (Lipinski definition) is 1. The molecule has 30 heavy (non-hydrogen) atoms. The molecule has 1 N–H and O–H groups in total. The minimum Gasteiger partial charge on any atom is -0.493 e. The third-order valence-electron chi connectivity index (χ3n) is 5.41. The van der Waals surface area contributed by atoms with E-state index in [2.05, 4.69) is 5.32 Å². The first-order valence-electron chi connectivity index (χ1n) is 10.0. The predicted octanol–water partition coefficient (Wildman–Crippen LogP) is 3.57. The van der Waals surface area contributed by atoms with E-state index in [9.17, 15) is 9.59 Å². The first-order chi connectivity index (χ1) is 14.5. The Kier molecular flexibility index (Phi) is 7.57. The van der Waals surface area contributed by atoms with Gasteiger partial charge in [0.05, 0.1) is 20.6 Å². The Morgan fingerprint density at radius 2 is 1.80 bits per heavy atom. The number of halogens is 1. The molecular weight excluding hydrogens is 404 g/mol. The molecule has 0 saturated carbocycles. The highest BCUT2D eigenvalue weighted by Crippen LogP contribution is 2.27. The fraction of sp³-hybridized carbons (Fsp3) is 0.391. The lowest BCUT2D eigenvalue weighted by Crippen LogP contribution is -2.42. The number of piperidine rings is 1. The van der Waals surface area contributed by atoms with Crippen LogP contribution in [0.5, 0.6) is 11.5 Å². The number of carbonyl (C=O) groups excluding carboxylic acids is 2. The van der Waals surface area contributed by atoms with E-state index in [1.54, 1.807) is 38.5 Å². The Balaban J connectivity index is 1.45. The molecular formula is C23H27ClN2O4. The average molecular weight is 431 g/mol. The van der Waals surface area contributed by atoms with Gasteiger partial charge >= 0.3 is 0 Å². The molecule has 1 aliphatic rings. The van der Waals surface area contributed by atoms with Gasteiger partial charge < -0.3 is 19.7 Å². The van der Waals surface area contributed by atoms with Crippen LogP contribution < -0.4 is 14.8 Å². The molecule has 1 heterocycles. The zero-order valence-corrected chi connectivity index (χ0v) is 18.1. The molecule has 0 spiro atoms. The number of ether oxygens (including phenoxy) is 2. The van der Waals surface area contributed by atoms with E-state index < -0.39 is 0 Å². The van der Waals surface area contributed by atoms with E-state index in [4.69, 9.17) is 21.1 Å². The summed E-state index contributed by atoms with van der Waals surface area (Å²) in [5, 5.41) is 3.64. The fourth-order valence-electron chi connectivity index (χ4n) is 3.64. The third kappa shape index (κ3) is 5.66.